The summed E-state index contributed by atoms with van der Waals surface area (Å²) in [6.45, 7) is 1.59. The molecule has 1 aromatic heterocycles. The van der Waals surface area contributed by atoms with Crippen LogP contribution in [0.2, 0.25) is 0 Å². The lowest BCUT2D eigenvalue weighted by Gasteiger charge is -2.06. The monoisotopic (exact) mass is 237 g/mol. The number of nitrogens with one attached hydrogen (secondary N) is 1. The fourth-order valence-electron chi connectivity index (χ4n) is 1.46. The van der Waals surface area contributed by atoms with Crippen LogP contribution >= 0.6 is 0 Å². The minimum absolute atomic E-state index is 0.528. The average molecular weight is 237 g/mol. The highest BCUT2D eigenvalue weighted by atomic mass is 16.4. The summed E-state index contributed by atoms with van der Waals surface area (Å²) in [7, 11) is 0. The third-order valence-electron chi connectivity index (χ3n) is 2.47. The fourth-order valence-corrected chi connectivity index (χ4v) is 1.46. The number of hydrogen-bond acceptors (Lipinski definition) is 4. The smallest absolute Gasteiger partial charge is 0.320 e. The second-order valence-electron chi connectivity index (χ2n) is 3.94. The van der Waals surface area contributed by atoms with Crippen molar-refractivity contribution in [3.05, 3.63) is 30.1 Å². The van der Waals surface area contributed by atoms with Crippen LogP contribution in [-0.2, 0) is 11.3 Å². The Hall–Kier alpha value is -1.46. The molecule has 0 aromatic carbocycles. The van der Waals surface area contributed by atoms with Crippen molar-refractivity contribution in [2.75, 3.05) is 6.54 Å². The number of rotatable bonds is 8. The number of nitrogens with zero attached hydrogens (tertiary/aromatic N) is 1. The zero-order valence-electron chi connectivity index (χ0n) is 9.80. The third kappa shape index (κ3) is 5.99. The second kappa shape index (κ2) is 7.76. The molecule has 0 spiro atoms. The first kappa shape index (κ1) is 13.6. The van der Waals surface area contributed by atoms with Gasteiger partial charge in [-0.2, -0.15) is 0 Å². The molecule has 1 heterocycles. The SMILES string of the molecule is N[C@@H](CCCCNCc1ccccn1)C(=O)O. The molecule has 1 aromatic rings. The second-order valence-corrected chi connectivity index (χ2v) is 3.94. The van der Waals surface area contributed by atoms with Crippen molar-refractivity contribution < 1.29 is 9.90 Å². The van der Waals surface area contributed by atoms with Crippen LogP contribution in [0.5, 0.6) is 0 Å². The quantitative estimate of drug-likeness (QED) is 0.581. The van der Waals surface area contributed by atoms with E-state index >= 15 is 0 Å². The van der Waals surface area contributed by atoms with Gasteiger partial charge in [0, 0.05) is 12.7 Å². The van der Waals surface area contributed by atoms with Crippen LogP contribution in [-0.4, -0.2) is 28.6 Å². The molecular weight excluding hydrogens is 218 g/mol. The van der Waals surface area contributed by atoms with Gasteiger partial charge in [0.1, 0.15) is 6.04 Å². The molecule has 4 N–H and O–H groups in total. The van der Waals surface area contributed by atoms with Gasteiger partial charge in [-0.05, 0) is 31.5 Å². The van der Waals surface area contributed by atoms with E-state index in [1.54, 1.807) is 6.20 Å². The van der Waals surface area contributed by atoms with E-state index in [-0.39, 0.29) is 0 Å². The Morgan fingerprint density at radius 2 is 2.29 bits per heavy atom. The lowest BCUT2D eigenvalue weighted by Crippen LogP contribution is -2.30. The molecule has 0 amide bonds. The maximum atomic E-state index is 10.5. The van der Waals surface area contributed by atoms with Gasteiger partial charge in [-0.15, -0.1) is 0 Å². The number of unbranched alkanes of at least 4 members (excludes halogenated alkanes) is 1. The Morgan fingerprint density at radius 3 is 2.94 bits per heavy atom. The normalized spacial score (nSPS) is 12.3. The highest BCUT2D eigenvalue weighted by molar-refractivity contribution is 5.72. The summed E-state index contributed by atoms with van der Waals surface area (Å²) in [4.78, 5) is 14.6. The largest absolute Gasteiger partial charge is 0.480 e. The fraction of sp³-hybridized carbons (Fsp3) is 0.500. The van der Waals surface area contributed by atoms with E-state index in [0.29, 0.717) is 6.42 Å². The van der Waals surface area contributed by atoms with Crippen LogP contribution in [0.3, 0.4) is 0 Å². The van der Waals surface area contributed by atoms with Gasteiger partial charge in [-0.1, -0.05) is 12.5 Å². The summed E-state index contributed by atoms with van der Waals surface area (Å²) in [5, 5.41) is 11.8. The molecule has 0 aliphatic rings. The molecule has 5 nitrogen and oxygen atoms in total. The molecule has 0 aliphatic carbocycles. The van der Waals surface area contributed by atoms with E-state index in [9.17, 15) is 4.79 Å². The van der Waals surface area contributed by atoms with Crippen LogP contribution < -0.4 is 11.1 Å². The summed E-state index contributed by atoms with van der Waals surface area (Å²) in [6, 6.07) is 5.07. The molecule has 0 aliphatic heterocycles. The Kier molecular flexibility index (Phi) is 6.21. The van der Waals surface area contributed by atoms with Crippen molar-refractivity contribution in [3.63, 3.8) is 0 Å². The summed E-state index contributed by atoms with van der Waals surface area (Å²) in [6.07, 6.45) is 4.04. The van der Waals surface area contributed by atoms with E-state index in [0.717, 1.165) is 31.6 Å². The van der Waals surface area contributed by atoms with Gasteiger partial charge in [0.15, 0.2) is 0 Å². The first-order valence-corrected chi connectivity index (χ1v) is 5.79. The molecule has 0 unspecified atom stereocenters. The molecule has 0 saturated carbocycles. The van der Waals surface area contributed by atoms with E-state index in [2.05, 4.69) is 10.3 Å². The molecule has 1 rings (SSSR count). The van der Waals surface area contributed by atoms with Gasteiger partial charge in [0.2, 0.25) is 0 Å². The summed E-state index contributed by atoms with van der Waals surface area (Å²) in [5.41, 5.74) is 6.40. The van der Waals surface area contributed by atoms with E-state index < -0.39 is 12.0 Å². The number of carboxylic acids is 1. The summed E-state index contributed by atoms with van der Waals surface area (Å²) >= 11 is 0. The van der Waals surface area contributed by atoms with Crippen molar-refractivity contribution >= 4 is 5.97 Å². The first-order chi connectivity index (χ1) is 8.20. The van der Waals surface area contributed by atoms with Crippen LogP contribution in [0, 0.1) is 0 Å². The number of aliphatic carboxylic acids is 1. The van der Waals surface area contributed by atoms with Gasteiger partial charge in [0.25, 0.3) is 0 Å². The topological polar surface area (TPSA) is 88.2 Å². The maximum absolute atomic E-state index is 10.5. The minimum Gasteiger partial charge on any atom is -0.480 e. The van der Waals surface area contributed by atoms with Crippen molar-refractivity contribution in [1.29, 1.82) is 0 Å². The van der Waals surface area contributed by atoms with Crippen molar-refractivity contribution in [2.24, 2.45) is 5.73 Å². The molecule has 17 heavy (non-hydrogen) atoms. The number of carbonyl (C=O) groups is 1. The lowest BCUT2D eigenvalue weighted by atomic mass is 10.1. The number of carboxylic acid groups (broad SMARTS) is 1. The van der Waals surface area contributed by atoms with Crippen molar-refractivity contribution in [1.82, 2.24) is 10.3 Å². The van der Waals surface area contributed by atoms with Gasteiger partial charge in [-0.3, -0.25) is 9.78 Å². The molecule has 1 atom stereocenters. The zero-order chi connectivity index (χ0) is 12.5. The minimum atomic E-state index is -0.925. The standard InChI is InChI=1S/C12H19N3O2/c13-11(12(16)17)6-2-3-7-14-9-10-5-1-4-8-15-10/h1,4-5,8,11,14H,2-3,6-7,9,13H2,(H,16,17)/t11-/m0/s1. The maximum Gasteiger partial charge on any atom is 0.320 e. The Labute approximate surface area is 101 Å². The molecule has 0 bridgehead atoms. The van der Waals surface area contributed by atoms with Crippen LogP contribution in [0.1, 0.15) is 25.0 Å². The highest BCUT2D eigenvalue weighted by Gasteiger charge is 2.09. The molecule has 5 heteroatoms. The molecule has 0 radical (unpaired) electrons. The third-order valence-corrected chi connectivity index (χ3v) is 2.47. The van der Waals surface area contributed by atoms with Gasteiger partial charge >= 0.3 is 5.97 Å². The predicted molar refractivity (Wildman–Crippen MR) is 65.4 cm³/mol. The number of hydrogen-bond donors (Lipinski definition) is 3. The number of nitrogens with two attached hydrogens (primary N) is 1. The van der Waals surface area contributed by atoms with Crippen molar-refractivity contribution in [2.45, 2.75) is 31.8 Å². The lowest BCUT2D eigenvalue weighted by molar-refractivity contribution is -0.138. The Balaban J connectivity index is 2.00. The number of aromatic nitrogens is 1. The number of pyridine rings is 1. The van der Waals surface area contributed by atoms with E-state index in [1.165, 1.54) is 0 Å². The zero-order valence-corrected chi connectivity index (χ0v) is 9.80. The first-order valence-electron chi connectivity index (χ1n) is 5.79. The van der Waals surface area contributed by atoms with Crippen LogP contribution in [0.4, 0.5) is 0 Å². The van der Waals surface area contributed by atoms with Crippen LogP contribution in [0.15, 0.2) is 24.4 Å². The summed E-state index contributed by atoms with van der Waals surface area (Å²) in [5.74, 6) is -0.925. The molecule has 94 valence electrons. The summed E-state index contributed by atoms with van der Waals surface area (Å²) < 4.78 is 0. The van der Waals surface area contributed by atoms with E-state index in [1.807, 2.05) is 18.2 Å². The van der Waals surface area contributed by atoms with Gasteiger partial charge < -0.3 is 16.2 Å². The highest BCUT2D eigenvalue weighted by Crippen LogP contribution is 1.99. The van der Waals surface area contributed by atoms with Gasteiger partial charge in [-0.25, -0.2) is 0 Å². The Bertz CT molecular complexity index is 330. The molecular formula is C12H19N3O2. The molecule has 0 saturated heterocycles. The Morgan fingerprint density at radius 1 is 1.47 bits per heavy atom. The van der Waals surface area contributed by atoms with Crippen LogP contribution in [0.25, 0.3) is 0 Å². The van der Waals surface area contributed by atoms with Gasteiger partial charge in [0.05, 0.1) is 5.69 Å². The van der Waals surface area contributed by atoms with E-state index in [4.69, 9.17) is 10.8 Å². The predicted octanol–water partition coefficient (Wildman–Crippen LogP) is 0.753. The molecule has 0 fully saturated rings. The average Bonchev–Trinajstić information content (AvgIpc) is 2.34. The van der Waals surface area contributed by atoms with Crippen molar-refractivity contribution in [3.8, 4) is 0 Å².